The number of hydrogen-bond acceptors (Lipinski definition) is 4. The van der Waals surface area contributed by atoms with Gasteiger partial charge in [-0.1, -0.05) is 6.07 Å². The van der Waals surface area contributed by atoms with Crippen molar-refractivity contribution in [2.45, 2.75) is 6.42 Å². The SMILES string of the molecule is COC(=O)c1ccc2c(c1)c(Cc1ccc(C(=O)O)cc1OC)cn2C. The van der Waals surface area contributed by atoms with Crippen LogP contribution in [0.25, 0.3) is 10.9 Å². The molecule has 0 atom stereocenters. The lowest BCUT2D eigenvalue weighted by molar-refractivity contribution is 0.0600. The largest absolute Gasteiger partial charge is 0.496 e. The summed E-state index contributed by atoms with van der Waals surface area (Å²) in [4.78, 5) is 23.0. The smallest absolute Gasteiger partial charge is 0.337 e. The number of methoxy groups -OCH3 is 2. The number of carbonyl (C=O) groups excluding carboxylic acids is 1. The van der Waals surface area contributed by atoms with Gasteiger partial charge in [-0.05, 0) is 41.5 Å². The van der Waals surface area contributed by atoms with Crippen LogP contribution in [0, 0.1) is 0 Å². The molecule has 0 bridgehead atoms. The Morgan fingerprint density at radius 1 is 1.04 bits per heavy atom. The van der Waals surface area contributed by atoms with Crippen molar-refractivity contribution in [2.24, 2.45) is 7.05 Å². The van der Waals surface area contributed by atoms with Gasteiger partial charge in [-0.25, -0.2) is 9.59 Å². The molecule has 0 saturated carbocycles. The van der Waals surface area contributed by atoms with Gasteiger partial charge in [-0.2, -0.15) is 0 Å². The third-order valence-corrected chi connectivity index (χ3v) is 4.41. The Bertz CT molecular complexity index is 1000. The summed E-state index contributed by atoms with van der Waals surface area (Å²) in [6.45, 7) is 0. The number of carboxylic acid groups (broad SMARTS) is 1. The first-order chi connectivity index (χ1) is 12.4. The molecule has 26 heavy (non-hydrogen) atoms. The van der Waals surface area contributed by atoms with E-state index >= 15 is 0 Å². The number of fused-ring (bicyclic) bond motifs is 1. The molecule has 6 heteroatoms. The summed E-state index contributed by atoms with van der Waals surface area (Å²) >= 11 is 0. The van der Waals surface area contributed by atoms with Crippen molar-refractivity contribution in [2.75, 3.05) is 14.2 Å². The van der Waals surface area contributed by atoms with Crippen LogP contribution in [-0.4, -0.2) is 35.8 Å². The number of ether oxygens (including phenoxy) is 2. The third kappa shape index (κ3) is 3.13. The normalized spacial score (nSPS) is 10.7. The Balaban J connectivity index is 2.06. The summed E-state index contributed by atoms with van der Waals surface area (Å²) in [6, 6.07) is 10.3. The highest BCUT2D eigenvalue weighted by Crippen LogP contribution is 2.28. The van der Waals surface area contributed by atoms with Crippen molar-refractivity contribution in [3.05, 3.63) is 64.8 Å². The lowest BCUT2D eigenvalue weighted by Gasteiger charge is -2.09. The van der Waals surface area contributed by atoms with Gasteiger partial charge in [0.15, 0.2) is 0 Å². The maximum absolute atomic E-state index is 11.8. The zero-order valence-electron chi connectivity index (χ0n) is 14.8. The van der Waals surface area contributed by atoms with Crippen LogP contribution in [0.15, 0.2) is 42.6 Å². The van der Waals surface area contributed by atoms with E-state index in [4.69, 9.17) is 14.6 Å². The minimum Gasteiger partial charge on any atom is -0.496 e. The number of hydrogen-bond donors (Lipinski definition) is 1. The molecule has 0 spiro atoms. The van der Waals surface area contributed by atoms with E-state index in [0.717, 1.165) is 22.0 Å². The molecule has 0 aliphatic rings. The van der Waals surface area contributed by atoms with E-state index in [9.17, 15) is 9.59 Å². The molecule has 0 fully saturated rings. The van der Waals surface area contributed by atoms with Crippen LogP contribution in [0.5, 0.6) is 5.75 Å². The van der Waals surface area contributed by atoms with E-state index in [2.05, 4.69) is 0 Å². The zero-order valence-corrected chi connectivity index (χ0v) is 14.8. The van der Waals surface area contributed by atoms with Crippen LogP contribution in [0.4, 0.5) is 0 Å². The molecule has 0 amide bonds. The highest BCUT2D eigenvalue weighted by Gasteiger charge is 2.15. The van der Waals surface area contributed by atoms with Crippen molar-refractivity contribution in [1.29, 1.82) is 0 Å². The van der Waals surface area contributed by atoms with Gasteiger partial charge in [0.25, 0.3) is 0 Å². The van der Waals surface area contributed by atoms with Crippen LogP contribution in [0.1, 0.15) is 31.8 Å². The minimum atomic E-state index is -0.997. The molecule has 1 aromatic heterocycles. The molecule has 0 unspecified atom stereocenters. The number of benzene rings is 2. The second-order valence-electron chi connectivity index (χ2n) is 6.00. The first kappa shape index (κ1) is 17.5. The molecular formula is C20H19NO5. The number of esters is 1. The maximum atomic E-state index is 11.8. The van der Waals surface area contributed by atoms with Gasteiger partial charge in [0.2, 0.25) is 0 Å². The molecule has 3 aromatic rings. The Morgan fingerprint density at radius 2 is 1.77 bits per heavy atom. The molecule has 2 aromatic carbocycles. The first-order valence-corrected chi connectivity index (χ1v) is 8.01. The molecule has 6 nitrogen and oxygen atoms in total. The predicted octanol–water partition coefficient (Wildman–Crippen LogP) is 3.26. The Kier molecular flexibility index (Phi) is 4.67. The number of rotatable bonds is 5. The molecule has 0 saturated heterocycles. The molecule has 0 radical (unpaired) electrons. The van der Waals surface area contributed by atoms with Crippen LogP contribution in [0.2, 0.25) is 0 Å². The van der Waals surface area contributed by atoms with Crippen LogP contribution in [-0.2, 0) is 18.2 Å². The summed E-state index contributed by atoms with van der Waals surface area (Å²) in [5, 5.41) is 10.1. The Labute approximate surface area is 150 Å². The summed E-state index contributed by atoms with van der Waals surface area (Å²) in [7, 11) is 4.81. The molecular weight excluding hydrogens is 334 g/mol. The van der Waals surface area contributed by atoms with Gasteiger partial charge in [0.1, 0.15) is 5.75 Å². The molecule has 1 N–H and O–H groups in total. The molecule has 134 valence electrons. The van der Waals surface area contributed by atoms with E-state index in [1.807, 2.05) is 29.9 Å². The van der Waals surface area contributed by atoms with Gasteiger partial charge in [0.05, 0.1) is 25.3 Å². The number of aromatic nitrogens is 1. The first-order valence-electron chi connectivity index (χ1n) is 8.01. The van der Waals surface area contributed by atoms with E-state index in [1.54, 1.807) is 18.2 Å². The predicted molar refractivity (Wildman–Crippen MR) is 97.0 cm³/mol. The lowest BCUT2D eigenvalue weighted by Crippen LogP contribution is -2.01. The van der Waals surface area contributed by atoms with E-state index < -0.39 is 5.97 Å². The van der Waals surface area contributed by atoms with Crippen molar-refractivity contribution in [1.82, 2.24) is 4.57 Å². The quantitative estimate of drug-likeness (QED) is 0.713. The second-order valence-corrected chi connectivity index (χ2v) is 6.00. The molecule has 0 aliphatic heterocycles. The Morgan fingerprint density at radius 3 is 2.42 bits per heavy atom. The number of carboxylic acids is 1. The van der Waals surface area contributed by atoms with Crippen molar-refractivity contribution in [3.63, 3.8) is 0 Å². The second kappa shape index (κ2) is 6.92. The average Bonchev–Trinajstić information content (AvgIpc) is 2.96. The van der Waals surface area contributed by atoms with Gasteiger partial charge in [-0.15, -0.1) is 0 Å². The fourth-order valence-electron chi connectivity index (χ4n) is 3.09. The van der Waals surface area contributed by atoms with E-state index in [-0.39, 0.29) is 11.5 Å². The van der Waals surface area contributed by atoms with Crippen molar-refractivity contribution >= 4 is 22.8 Å². The fraction of sp³-hybridized carbons (Fsp3) is 0.200. The summed E-state index contributed by atoms with van der Waals surface area (Å²) in [5.41, 5.74) is 3.54. The van der Waals surface area contributed by atoms with Crippen LogP contribution in [0.3, 0.4) is 0 Å². The zero-order chi connectivity index (χ0) is 18.8. The highest BCUT2D eigenvalue weighted by molar-refractivity contribution is 5.96. The van der Waals surface area contributed by atoms with E-state index in [0.29, 0.717) is 17.7 Å². The number of carbonyl (C=O) groups is 2. The molecule has 1 heterocycles. The lowest BCUT2D eigenvalue weighted by atomic mass is 10.0. The summed E-state index contributed by atoms with van der Waals surface area (Å²) in [6.07, 6.45) is 2.54. The summed E-state index contributed by atoms with van der Waals surface area (Å²) < 4.78 is 12.2. The van der Waals surface area contributed by atoms with Gasteiger partial charge in [-0.3, -0.25) is 0 Å². The monoisotopic (exact) mass is 353 g/mol. The van der Waals surface area contributed by atoms with Crippen LogP contribution >= 0.6 is 0 Å². The number of aromatic carboxylic acids is 1. The summed E-state index contributed by atoms with van der Waals surface area (Å²) in [5.74, 6) is -0.862. The standard InChI is InChI=1S/C20H19NO5/c1-21-11-15(16-9-14(20(24)26-3)6-7-17(16)21)8-12-4-5-13(19(22)23)10-18(12)25-2/h4-7,9-11H,8H2,1-3H3,(H,22,23). The number of aryl methyl sites for hydroxylation is 1. The third-order valence-electron chi connectivity index (χ3n) is 4.41. The van der Waals surface area contributed by atoms with Gasteiger partial charge >= 0.3 is 11.9 Å². The molecule has 3 rings (SSSR count). The minimum absolute atomic E-state index is 0.177. The van der Waals surface area contributed by atoms with Gasteiger partial charge in [0, 0.05) is 30.6 Å². The van der Waals surface area contributed by atoms with Crippen molar-refractivity contribution in [3.8, 4) is 5.75 Å². The average molecular weight is 353 g/mol. The van der Waals surface area contributed by atoms with Gasteiger partial charge < -0.3 is 19.1 Å². The topological polar surface area (TPSA) is 77.8 Å². The van der Waals surface area contributed by atoms with Crippen LogP contribution < -0.4 is 4.74 Å². The van der Waals surface area contributed by atoms with Crippen molar-refractivity contribution < 1.29 is 24.2 Å². The molecule has 0 aliphatic carbocycles. The Hall–Kier alpha value is -3.28. The fourth-order valence-corrected chi connectivity index (χ4v) is 3.09. The van der Waals surface area contributed by atoms with E-state index in [1.165, 1.54) is 20.3 Å². The number of nitrogens with zero attached hydrogens (tertiary/aromatic N) is 1. The highest BCUT2D eigenvalue weighted by atomic mass is 16.5. The maximum Gasteiger partial charge on any atom is 0.337 e.